The van der Waals surface area contributed by atoms with Gasteiger partial charge < -0.3 is 9.64 Å². The Morgan fingerprint density at radius 1 is 1.54 bits per heavy atom. The molecule has 0 amide bonds. The van der Waals surface area contributed by atoms with Crippen LogP contribution in [0.3, 0.4) is 0 Å². The fraction of sp³-hybridized carbons (Fsp3) is 0.900. The molecule has 0 radical (unpaired) electrons. The Hall–Kier alpha value is -0.410. The van der Waals surface area contributed by atoms with Crippen LogP contribution in [-0.2, 0) is 9.53 Å². The maximum atomic E-state index is 11.5. The number of rotatable bonds is 3. The van der Waals surface area contributed by atoms with E-state index < -0.39 is 0 Å². The zero-order chi connectivity index (χ0) is 9.84. The average molecular weight is 185 g/mol. The molecule has 1 saturated carbocycles. The fourth-order valence-electron chi connectivity index (χ4n) is 1.91. The van der Waals surface area contributed by atoms with Crippen LogP contribution in [0, 0.1) is 5.92 Å². The molecule has 2 unspecified atom stereocenters. The van der Waals surface area contributed by atoms with Gasteiger partial charge in [0.05, 0.1) is 6.10 Å². The molecule has 0 N–H and O–H groups in total. The molecule has 1 aliphatic carbocycles. The Morgan fingerprint density at radius 3 is 2.77 bits per heavy atom. The third kappa shape index (κ3) is 3.08. The van der Waals surface area contributed by atoms with E-state index in [1.54, 1.807) is 7.11 Å². The minimum atomic E-state index is 0.189. The van der Waals surface area contributed by atoms with Crippen LogP contribution >= 0.6 is 0 Å². The van der Waals surface area contributed by atoms with Crippen molar-refractivity contribution in [1.29, 1.82) is 0 Å². The summed E-state index contributed by atoms with van der Waals surface area (Å²) in [5.74, 6) is 0.593. The standard InChI is InChI=1S/C10H19NO2/c1-11(2)7-8-6-9(13-3)4-5-10(8)12/h8-9H,4-7H2,1-3H3. The number of ether oxygens (including phenoxy) is 1. The van der Waals surface area contributed by atoms with Crippen LogP contribution in [0.15, 0.2) is 0 Å². The van der Waals surface area contributed by atoms with Crippen LogP contribution in [0.1, 0.15) is 19.3 Å². The molecule has 0 saturated heterocycles. The van der Waals surface area contributed by atoms with Gasteiger partial charge in [0, 0.05) is 26.0 Å². The van der Waals surface area contributed by atoms with Crippen LogP contribution in [0.5, 0.6) is 0 Å². The van der Waals surface area contributed by atoms with E-state index >= 15 is 0 Å². The Labute approximate surface area is 80.1 Å². The third-order valence-electron chi connectivity index (χ3n) is 2.63. The Bertz CT molecular complexity index is 180. The van der Waals surface area contributed by atoms with Crippen LogP contribution in [0.4, 0.5) is 0 Å². The Kier molecular flexibility index (Phi) is 3.88. The van der Waals surface area contributed by atoms with E-state index in [2.05, 4.69) is 4.90 Å². The Balaban J connectivity index is 2.45. The summed E-state index contributed by atoms with van der Waals surface area (Å²) in [5.41, 5.74) is 0. The second kappa shape index (κ2) is 4.72. The number of hydrogen-bond donors (Lipinski definition) is 0. The second-order valence-corrected chi connectivity index (χ2v) is 4.06. The molecule has 76 valence electrons. The smallest absolute Gasteiger partial charge is 0.137 e. The SMILES string of the molecule is COC1CCC(=O)C(CN(C)C)C1. The van der Waals surface area contributed by atoms with Crippen LogP contribution < -0.4 is 0 Å². The van der Waals surface area contributed by atoms with Gasteiger partial charge in [-0.2, -0.15) is 0 Å². The zero-order valence-electron chi connectivity index (χ0n) is 8.75. The molecule has 3 heteroatoms. The lowest BCUT2D eigenvalue weighted by atomic mass is 9.86. The van der Waals surface area contributed by atoms with Crippen molar-refractivity contribution in [3.8, 4) is 0 Å². The molecule has 0 spiro atoms. The molecule has 1 fully saturated rings. The zero-order valence-corrected chi connectivity index (χ0v) is 8.75. The van der Waals surface area contributed by atoms with E-state index in [-0.39, 0.29) is 5.92 Å². The molecule has 0 heterocycles. The molecule has 13 heavy (non-hydrogen) atoms. The van der Waals surface area contributed by atoms with Gasteiger partial charge in [-0.3, -0.25) is 4.79 Å². The van der Waals surface area contributed by atoms with Crippen LogP contribution in [0.25, 0.3) is 0 Å². The monoisotopic (exact) mass is 185 g/mol. The van der Waals surface area contributed by atoms with Crippen molar-refractivity contribution in [2.45, 2.75) is 25.4 Å². The first kappa shape index (κ1) is 10.7. The highest BCUT2D eigenvalue weighted by Gasteiger charge is 2.28. The van der Waals surface area contributed by atoms with Gasteiger partial charge in [0.2, 0.25) is 0 Å². The largest absolute Gasteiger partial charge is 0.381 e. The normalized spacial score (nSPS) is 29.7. The van der Waals surface area contributed by atoms with Gasteiger partial charge in [0.15, 0.2) is 0 Å². The predicted octanol–water partition coefficient (Wildman–Crippen LogP) is 0.932. The quantitative estimate of drug-likeness (QED) is 0.655. The number of carbonyl (C=O) groups is 1. The second-order valence-electron chi connectivity index (χ2n) is 4.06. The van der Waals surface area contributed by atoms with Crippen LogP contribution in [-0.4, -0.2) is 44.5 Å². The summed E-state index contributed by atoms with van der Waals surface area (Å²) in [6, 6.07) is 0. The molecule has 1 rings (SSSR count). The first-order valence-corrected chi connectivity index (χ1v) is 4.83. The molecule has 1 aliphatic rings. The molecule has 2 atom stereocenters. The van der Waals surface area contributed by atoms with Crippen LogP contribution in [0.2, 0.25) is 0 Å². The molecule has 0 bridgehead atoms. The maximum Gasteiger partial charge on any atom is 0.137 e. The summed E-state index contributed by atoms with van der Waals surface area (Å²) in [5, 5.41) is 0. The minimum Gasteiger partial charge on any atom is -0.381 e. The molecule has 0 aromatic carbocycles. The summed E-state index contributed by atoms with van der Waals surface area (Å²) in [7, 11) is 5.74. The van der Waals surface area contributed by atoms with Gasteiger partial charge in [0.25, 0.3) is 0 Å². The van der Waals surface area contributed by atoms with E-state index in [9.17, 15) is 4.79 Å². The van der Waals surface area contributed by atoms with Crippen molar-refractivity contribution < 1.29 is 9.53 Å². The first-order valence-electron chi connectivity index (χ1n) is 4.83. The lowest BCUT2D eigenvalue weighted by Crippen LogP contribution is -2.35. The lowest BCUT2D eigenvalue weighted by Gasteiger charge is -2.28. The number of methoxy groups -OCH3 is 1. The minimum absolute atomic E-state index is 0.189. The average Bonchev–Trinajstić information content (AvgIpc) is 2.08. The summed E-state index contributed by atoms with van der Waals surface area (Å²) in [6.07, 6.45) is 2.78. The van der Waals surface area contributed by atoms with Crippen molar-refractivity contribution in [3.05, 3.63) is 0 Å². The molecular formula is C10H19NO2. The highest BCUT2D eigenvalue weighted by molar-refractivity contribution is 5.82. The number of carbonyl (C=O) groups excluding carboxylic acids is 1. The summed E-state index contributed by atoms with van der Waals surface area (Å²) >= 11 is 0. The highest BCUT2D eigenvalue weighted by Crippen LogP contribution is 2.23. The van der Waals surface area contributed by atoms with Crippen molar-refractivity contribution in [1.82, 2.24) is 4.90 Å². The van der Waals surface area contributed by atoms with E-state index in [0.717, 1.165) is 19.4 Å². The van der Waals surface area contributed by atoms with Gasteiger partial charge in [0.1, 0.15) is 5.78 Å². The molecular weight excluding hydrogens is 166 g/mol. The van der Waals surface area contributed by atoms with E-state index in [4.69, 9.17) is 4.74 Å². The number of hydrogen-bond acceptors (Lipinski definition) is 3. The van der Waals surface area contributed by atoms with Crippen molar-refractivity contribution in [2.75, 3.05) is 27.7 Å². The summed E-state index contributed by atoms with van der Waals surface area (Å²) in [6.45, 7) is 0.860. The lowest BCUT2D eigenvalue weighted by molar-refractivity contribution is -0.128. The summed E-state index contributed by atoms with van der Waals surface area (Å²) in [4.78, 5) is 13.6. The predicted molar refractivity (Wildman–Crippen MR) is 51.7 cm³/mol. The van der Waals surface area contributed by atoms with E-state index in [1.165, 1.54) is 0 Å². The van der Waals surface area contributed by atoms with Gasteiger partial charge in [-0.1, -0.05) is 0 Å². The summed E-state index contributed by atoms with van der Waals surface area (Å²) < 4.78 is 5.28. The van der Waals surface area contributed by atoms with Gasteiger partial charge in [-0.25, -0.2) is 0 Å². The first-order chi connectivity index (χ1) is 6.13. The third-order valence-corrected chi connectivity index (χ3v) is 2.63. The van der Waals surface area contributed by atoms with Crippen molar-refractivity contribution in [2.24, 2.45) is 5.92 Å². The molecule has 0 aliphatic heterocycles. The molecule has 0 aromatic rings. The fourth-order valence-corrected chi connectivity index (χ4v) is 1.91. The number of nitrogens with zero attached hydrogens (tertiary/aromatic N) is 1. The highest BCUT2D eigenvalue weighted by atomic mass is 16.5. The van der Waals surface area contributed by atoms with E-state index in [1.807, 2.05) is 14.1 Å². The van der Waals surface area contributed by atoms with Gasteiger partial charge in [-0.05, 0) is 26.9 Å². The van der Waals surface area contributed by atoms with E-state index in [0.29, 0.717) is 18.3 Å². The Morgan fingerprint density at radius 2 is 2.23 bits per heavy atom. The number of Topliss-reactive ketones (excluding diaryl/α,β-unsaturated/α-hetero) is 1. The van der Waals surface area contributed by atoms with Crippen molar-refractivity contribution in [3.63, 3.8) is 0 Å². The number of ketones is 1. The topological polar surface area (TPSA) is 29.5 Å². The molecule has 3 nitrogen and oxygen atoms in total. The van der Waals surface area contributed by atoms with Crippen molar-refractivity contribution >= 4 is 5.78 Å². The van der Waals surface area contributed by atoms with Gasteiger partial charge in [-0.15, -0.1) is 0 Å². The van der Waals surface area contributed by atoms with Gasteiger partial charge >= 0.3 is 0 Å². The molecule has 0 aromatic heterocycles. The maximum absolute atomic E-state index is 11.5.